The number of thiophene rings is 1. The van der Waals surface area contributed by atoms with Gasteiger partial charge in [0.05, 0.1) is 38.8 Å². The second-order valence-electron chi connectivity index (χ2n) is 12.0. The molecule has 11 aromatic rings. The summed E-state index contributed by atoms with van der Waals surface area (Å²) in [5.74, 6) is 0.647. The Balaban J connectivity index is 1.40. The standard InChI is InChI=1S/C41H23N5S/c1-2-12-24(13-3-1)36-27-16-6-9-19-30(27)43-41(44-36)45-32-20-10-7-17-28(32)38-37(45)25-14-4-5-15-26(25)40-42-31-22-23-34-35(39(31)46(38)40)29-18-8-11-21-33(29)47-34/h1-23H. The number of nitrogens with zero attached hydrogens (tertiary/aromatic N) is 5. The van der Waals surface area contributed by atoms with Gasteiger partial charge in [-0.15, -0.1) is 11.3 Å². The van der Waals surface area contributed by atoms with E-state index in [2.05, 4.69) is 136 Å². The summed E-state index contributed by atoms with van der Waals surface area (Å²) in [5, 5.41) is 6.88. The molecule has 0 aliphatic carbocycles. The molecular weight excluding hydrogens is 595 g/mol. The van der Waals surface area contributed by atoms with Crippen LogP contribution in [0.3, 0.4) is 0 Å². The van der Waals surface area contributed by atoms with Crippen LogP contribution in [0.15, 0.2) is 140 Å². The van der Waals surface area contributed by atoms with E-state index >= 15 is 0 Å². The molecule has 0 unspecified atom stereocenters. The Labute approximate surface area is 271 Å². The van der Waals surface area contributed by atoms with E-state index < -0.39 is 0 Å². The summed E-state index contributed by atoms with van der Waals surface area (Å²) in [6, 6.07) is 49.1. The van der Waals surface area contributed by atoms with Crippen LogP contribution in [0.2, 0.25) is 0 Å². The van der Waals surface area contributed by atoms with Gasteiger partial charge in [0.1, 0.15) is 5.65 Å². The van der Waals surface area contributed by atoms with Crippen LogP contribution in [-0.2, 0) is 0 Å². The molecule has 0 aliphatic rings. The molecule has 5 nitrogen and oxygen atoms in total. The summed E-state index contributed by atoms with van der Waals surface area (Å²) in [6.07, 6.45) is 0. The normalized spacial score (nSPS) is 12.3. The van der Waals surface area contributed by atoms with Crippen molar-refractivity contribution in [2.24, 2.45) is 0 Å². The summed E-state index contributed by atoms with van der Waals surface area (Å²) < 4.78 is 7.22. The van der Waals surface area contributed by atoms with Crippen molar-refractivity contribution < 1.29 is 0 Å². The quantitative estimate of drug-likeness (QED) is 0.194. The Morgan fingerprint density at radius 1 is 0.447 bits per heavy atom. The zero-order chi connectivity index (χ0) is 30.6. The first-order valence-corrected chi connectivity index (χ1v) is 16.5. The van der Waals surface area contributed by atoms with Crippen LogP contribution < -0.4 is 0 Å². The van der Waals surface area contributed by atoms with Gasteiger partial charge in [0.25, 0.3) is 0 Å². The average molecular weight is 618 g/mol. The third kappa shape index (κ3) is 3.34. The molecule has 218 valence electrons. The van der Waals surface area contributed by atoms with Gasteiger partial charge in [-0.05, 0) is 30.3 Å². The van der Waals surface area contributed by atoms with Crippen LogP contribution >= 0.6 is 11.3 Å². The van der Waals surface area contributed by atoms with Crippen molar-refractivity contribution in [2.75, 3.05) is 0 Å². The highest BCUT2D eigenvalue weighted by Gasteiger charge is 2.24. The van der Waals surface area contributed by atoms with Crippen molar-refractivity contribution in [2.45, 2.75) is 0 Å². The zero-order valence-electron chi connectivity index (χ0n) is 24.9. The van der Waals surface area contributed by atoms with Gasteiger partial charge in [0.15, 0.2) is 0 Å². The number of hydrogen-bond donors (Lipinski definition) is 0. The van der Waals surface area contributed by atoms with Gasteiger partial charge in [-0.2, -0.15) is 0 Å². The lowest BCUT2D eigenvalue weighted by molar-refractivity contribution is 1.02. The van der Waals surface area contributed by atoms with Crippen molar-refractivity contribution in [3.05, 3.63) is 140 Å². The molecule has 6 aromatic carbocycles. The van der Waals surface area contributed by atoms with Crippen molar-refractivity contribution in [3.8, 4) is 17.2 Å². The van der Waals surface area contributed by atoms with Gasteiger partial charge in [-0.25, -0.2) is 15.0 Å². The lowest BCUT2D eigenvalue weighted by atomic mass is 10.1. The summed E-state index contributed by atoms with van der Waals surface area (Å²) in [4.78, 5) is 16.0. The van der Waals surface area contributed by atoms with Crippen LogP contribution in [0.1, 0.15) is 0 Å². The lowest BCUT2D eigenvalue weighted by Crippen LogP contribution is -2.04. The zero-order valence-corrected chi connectivity index (χ0v) is 25.7. The van der Waals surface area contributed by atoms with Crippen molar-refractivity contribution in [1.29, 1.82) is 0 Å². The van der Waals surface area contributed by atoms with E-state index in [0.29, 0.717) is 5.95 Å². The molecule has 0 fully saturated rings. The monoisotopic (exact) mass is 617 g/mol. The van der Waals surface area contributed by atoms with Gasteiger partial charge in [-0.3, -0.25) is 8.97 Å². The van der Waals surface area contributed by atoms with Crippen molar-refractivity contribution in [3.63, 3.8) is 0 Å². The van der Waals surface area contributed by atoms with Gasteiger partial charge in [-0.1, -0.05) is 109 Å². The maximum absolute atomic E-state index is 5.36. The first kappa shape index (κ1) is 25.1. The lowest BCUT2D eigenvalue weighted by Gasteiger charge is -2.13. The minimum Gasteiger partial charge on any atom is -0.289 e. The topological polar surface area (TPSA) is 48.0 Å². The number of hydrogen-bond acceptors (Lipinski definition) is 4. The number of benzene rings is 6. The smallest absolute Gasteiger partial charge is 0.235 e. The molecular formula is C41H23N5S. The highest BCUT2D eigenvalue weighted by Crippen LogP contribution is 2.44. The van der Waals surface area contributed by atoms with E-state index in [9.17, 15) is 0 Å². The fourth-order valence-electron chi connectivity index (χ4n) is 7.54. The van der Waals surface area contributed by atoms with E-state index in [1.54, 1.807) is 0 Å². The van der Waals surface area contributed by atoms with E-state index in [1.165, 1.54) is 20.2 Å². The molecule has 5 heterocycles. The number of imidazole rings is 1. The molecule has 47 heavy (non-hydrogen) atoms. The molecule has 0 radical (unpaired) electrons. The van der Waals surface area contributed by atoms with Crippen LogP contribution in [-0.4, -0.2) is 23.9 Å². The van der Waals surface area contributed by atoms with Gasteiger partial charge in [0.2, 0.25) is 5.95 Å². The predicted octanol–water partition coefficient (Wildman–Crippen LogP) is 10.7. The van der Waals surface area contributed by atoms with Crippen molar-refractivity contribution in [1.82, 2.24) is 23.9 Å². The molecule has 0 atom stereocenters. The molecule has 0 N–H and O–H groups in total. The minimum atomic E-state index is 0.647. The number of fused-ring (bicyclic) bond motifs is 15. The highest BCUT2D eigenvalue weighted by molar-refractivity contribution is 7.26. The van der Waals surface area contributed by atoms with Gasteiger partial charge >= 0.3 is 0 Å². The van der Waals surface area contributed by atoms with E-state index in [0.717, 1.165) is 71.5 Å². The van der Waals surface area contributed by atoms with E-state index in [-0.39, 0.29) is 0 Å². The Hall–Kier alpha value is -6.11. The maximum atomic E-state index is 5.36. The van der Waals surface area contributed by atoms with E-state index in [4.69, 9.17) is 15.0 Å². The number of rotatable bonds is 2. The summed E-state index contributed by atoms with van der Waals surface area (Å²) >= 11 is 1.84. The molecule has 0 aliphatic heterocycles. The van der Waals surface area contributed by atoms with Crippen LogP contribution in [0.25, 0.3) is 97.7 Å². The second-order valence-corrected chi connectivity index (χ2v) is 13.1. The molecule has 0 saturated heterocycles. The van der Waals surface area contributed by atoms with Crippen molar-refractivity contribution >= 4 is 91.8 Å². The fourth-order valence-corrected chi connectivity index (χ4v) is 8.65. The first-order valence-electron chi connectivity index (χ1n) is 15.7. The Bertz CT molecular complexity index is 3080. The van der Waals surface area contributed by atoms with Crippen LogP contribution in [0, 0.1) is 0 Å². The fraction of sp³-hybridized carbons (Fsp3) is 0. The number of pyridine rings is 1. The third-order valence-electron chi connectivity index (χ3n) is 9.49. The highest BCUT2D eigenvalue weighted by atomic mass is 32.1. The second kappa shape index (κ2) is 9.22. The molecule has 6 heteroatoms. The molecule has 11 rings (SSSR count). The Morgan fingerprint density at radius 3 is 2.02 bits per heavy atom. The number of para-hydroxylation sites is 2. The average Bonchev–Trinajstić information content (AvgIpc) is 3.81. The molecule has 5 aromatic heterocycles. The summed E-state index contributed by atoms with van der Waals surface area (Å²) in [6.45, 7) is 0. The third-order valence-corrected chi connectivity index (χ3v) is 10.6. The first-order chi connectivity index (χ1) is 23.3. The Kier molecular flexibility index (Phi) is 4.93. The molecule has 0 bridgehead atoms. The van der Waals surface area contributed by atoms with E-state index in [1.807, 2.05) is 23.5 Å². The van der Waals surface area contributed by atoms with Crippen LogP contribution in [0.5, 0.6) is 0 Å². The molecule has 0 amide bonds. The molecule has 0 spiro atoms. The molecule has 0 saturated carbocycles. The maximum Gasteiger partial charge on any atom is 0.235 e. The minimum absolute atomic E-state index is 0.647. The summed E-state index contributed by atoms with van der Waals surface area (Å²) in [5.41, 5.74) is 9.21. The number of aromatic nitrogens is 5. The summed E-state index contributed by atoms with van der Waals surface area (Å²) in [7, 11) is 0. The van der Waals surface area contributed by atoms with Gasteiger partial charge < -0.3 is 0 Å². The predicted molar refractivity (Wildman–Crippen MR) is 196 cm³/mol. The van der Waals surface area contributed by atoms with Crippen LogP contribution in [0.4, 0.5) is 0 Å². The largest absolute Gasteiger partial charge is 0.289 e. The van der Waals surface area contributed by atoms with Gasteiger partial charge in [0, 0.05) is 47.3 Å². The Morgan fingerprint density at radius 2 is 1.15 bits per heavy atom. The SMILES string of the molecule is c1ccc(-c2nc(-n3c4ccccc4c4c3c3ccccc3c3nc5ccc6sc7ccccc7c6c5n34)nc3ccccc23)cc1.